The van der Waals surface area contributed by atoms with Gasteiger partial charge in [-0.2, -0.15) is 0 Å². The molecule has 4 rings (SSSR count). The minimum Gasteiger partial charge on any atom is -0.508 e. The van der Waals surface area contributed by atoms with Crippen LogP contribution in [0.25, 0.3) is 21.7 Å². The van der Waals surface area contributed by atoms with E-state index >= 15 is 0 Å². The van der Waals surface area contributed by atoms with Crippen molar-refractivity contribution in [1.82, 2.24) is 0 Å². The summed E-state index contributed by atoms with van der Waals surface area (Å²) >= 11 is 0. The van der Waals surface area contributed by atoms with Crippen LogP contribution in [-0.4, -0.2) is 62.2 Å². The number of hydrogen-bond donors (Lipinski definition) is 5. The van der Waals surface area contributed by atoms with Gasteiger partial charge in [0.05, 0.1) is 5.39 Å². The van der Waals surface area contributed by atoms with Crippen molar-refractivity contribution in [3.8, 4) is 11.5 Å². The van der Waals surface area contributed by atoms with Gasteiger partial charge in [-0.3, -0.25) is 0 Å². The number of carboxylic acid groups (broad SMARTS) is 1. The lowest BCUT2D eigenvalue weighted by Gasteiger charge is -2.38. The Kier molecular flexibility index (Phi) is 4.63. The van der Waals surface area contributed by atoms with Crippen LogP contribution in [0.1, 0.15) is 0 Å². The van der Waals surface area contributed by atoms with Gasteiger partial charge in [0, 0.05) is 16.8 Å². The summed E-state index contributed by atoms with van der Waals surface area (Å²) in [6.45, 7) is 0. The number of benzene rings is 2. The first kappa shape index (κ1) is 19.2. The number of phenols is 1. The van der Waals surface area contributed by atoms with Gasteiger partial charge in [-0.25, -0.2) is 9.59 Å². The van der Waals surface area contributed by atoms with E-state index in [1.807, 2.05) is 0 Å². The molecule has 0 spiro atoms. The van der Waals surface area contributed by atoms with Crippen molar-refractivity contribution in [2.45, 2.75) is 30.7 Å². The summed E-state index contributed by atoms with van der Waals surface area (Å²) in [5, 5.41) is 49.6. The maximum Gasteiger partial charge on any atom is 0.344 e. The summed E-state index contributed by atoms with van der Waals surface area (Å²) in [6, 6.07) is 8.66. The Morgan fingerprint density at radius 3 is 2.38 bits per heavy atom. The molecule has 29 heavy (non-hydrogen) atoms. The molecule has 0 unspecified atom stereocenters. The fraction of sp³-hybridized carbons (Fsp3) is 0.263. The van der Waals surface area contributed by atoms with Crippen LogP contribution >= 0.6 is 0 Å². The number of carbonyl (C=O) groups is 1. The highest BCUT2D eigenvalue weighted by Gasteiger charge is 2.48. The number of fused-ring (bicyclic) bond motifs is 3. The highest BCUT2D eigenvalue weighted by molar-refractivity contribution is 6.04. The normalized spacial score (nSPS) is 27.2. The number of aromatic hydroxyl groups is 1. The number of ether oxygens (including phenoxy) is 2. The molecule has 2 heterocycles. The van der Waals surface area contributed by atoms with Gasteiger partial charge >= 0.3 is 11.6 Å². The van der Waals surface area contributed by atoms with E-state index in [-0.39, 0.29) is 22.5 Å². The molecule has 10 heteroatoms. The zero-order chi connectivity index (χ0) is 20.9. The first-order chi connectivity index (χ1) is 13.8. The third kappa shape index (κ3) is 3.28. The molecule has 5 N–H and O–H groups in total. The molecule has 1 aliphatic heterocycles. The molecule has 5 atom stereocenters. The molecule has 1 fully saturated rings. The lowest BCUT2D eigenvalue weighted by Crippen LogP contribution is -2.61. The Balaban J connectivity index is 1.70. The third-order valence-electron chi connectivity index (χ3n) is 4.73. The molecule has 1 aliphatic rings. The van der Waals surface area contributed by atoms with Crippen LogP contribution < -0.4 is 10.4 Å². The quantitative estimate of drug-likeness (QED) is 0.294. The first-order valence-corrected chi connectivity index (χ1v) is 8.55. The third-order valence-corrected chi connectivity index (χ3v) is 4.73. The average molecular weight is 404 g/mol. The second-order valence-corrected chi connectivity index (χ2v) is 6.63. The van der Waals surface area contributed by atoms with E-state index in [9.17, 15) is 30.0 Å². The smallest absolute Gasteiger partial charge is 0.344 e. The van der Waals surface area contributed by atoms with Gasteiger partial charge in [0.1, 0.15) is 35.4 Å². The summed E-state index contributed by atoms with van der Waals surface area (Å²) in [5.41, 5.74) is -0.537. The number of aliphatic hydroxyl groups is 3. The number of hydrogen-bond acceptors (Lipinski definition) is 9. The monoisotopic (exact) mass is 404 g/mol. The predicted octanol–water partition coefficient (Wildman–Crippen LogP) is -0.0772. The predicted molar refractivity (Wildman–Crippen MR) is 96.6 cm³/mol. The lowest BCUT2D eigenvalue weighted by molar-refractivity contribution is -0.271. The van der Waals surface area contributed by atoms with Crippen molar-refractivity contribution in [1.29, 1.82) is 0 Å². The van der Waals surface area contributed by atoms with Crippen LogP contribution in [0, 0.1) is 0 Å². The van der Waals surface area contributed by atoms with E-state index < -0.39 is 42.3 Å². The largest absolute Gasteiger partial charge is 0.508 e. The highest BCUT2D eigenvalue weighted by atomic mass is 16.7. The molecule has 0 bridgehead atoms. The minimum atomic E-state index is -1.83. The zero-order valence-corrected chi connectivity index (χ0v) is 14.6. The van der Waals surface area contributed by atoms with Gasteiger partial charge in [0.25, 0.3) is 0 Å². The van der Waals surface area contributed by atoms with Crippen LogP contribution in [0.15, 0.2) is 45.6 Å². The standard InChI is InChI=1S/C19H16O10/c20-7-1-3-9-10-4-2-8(6-12(10)28-18(26)11(9)5-7)27-19-15(23)13(21)14(22)16(29-19)17(24)25/h1-6,13-16,19-23H,(H,24,25)/t13-,14-,15+,16-,19+/m1/s1. The summed E-state index contributed by atoms with van der Waals surface area (Å²) in [6.07, 6.45) is -8.74. The Morgan fingerprint density at radius 2 is 1.66 bits per heavy atom. The molecule has 0 aliphatic carbocycles. The van der Waals surface area contributed by atoms with E-state index in [1.165, 1.54) is 24.3 Å². The fourth-order valence-electron chi connectivity index (χ4n) is 3.26. The van der Waals surface area contributed by atoms with Crippen LogP contribution in [0.3, 0.4) is 0 Å². The number of rotatable bonds is 3. The van der Waals surface area contributed by atoms with Gasteiger partial charge in [0.15, 0.2) is 6.10 Å². The minimum absolute atomic E-state index is 0.0653. The number of aliphatic carboxylic acids is 1. The van der Waals surface area contributed by atoms with E-state index in [0.717, 1.165) is 0 Å². The van der Waals surface area contributed by atoms with Gasteiger partial charge < -0.3 is 39.4 Å². The Hall–Kier alpha value is -3.18. The molecular formula is C19H16O10. The van der Waals surface area contributed by atoms with Crippen molar-refractivity contribution in [3.05, 3.63) is 46.8 Å². The van der Waals surface area contributed by atoms with Crippen molar-refractivity contribution in [2.24, 2.45) is 0 Å². The van der Waals surface area contributed by atoms with Crippen molar-refractivity contribution in [2.75, 3.05) is 0 Å². The number of phenolic OH excluding ortho intramolecular Hbond substituents is 1. The lowest BCUT2D eigenvalue weighted by atomic mass is 9.99. The number of carboxylic acids is 1. The van der Waals surface area contributed by atoms with Gasteiger partial charge in [0.2, 0.25) is 6.29 Å². The van der Waals surface area contributed by atoms with Crippen molar-refractivity contribution < 1.29 is 44.2 Å². The van der Waals surface area contributed by atoms with Gasteiger partial charge in [-0.15, -0.1) is 0 Å². The SMILES string of the molecule is O=C(O)[C@@H]1O[C@H](Oc2ccc3c(c2)oc(=O)c2cc(O)ccc23)[C@@H](O)[C@H](O)[C@H]1O. The van der Waals surface area contributed by atoms with Crippen molar-refractivity contribution >= 4 is 27.7 Å². The Bertz CT molecular complexity index is 1150. The van der Waals surface area contributed by atoms with Crippen LogP contribution in [0.5, 0.6) is 11.5 Å². The first-order valence-electron chi connectivity index (χ1n) is 8.55. The van der Waals surface area contributed by atoms with E-state index in [2.05, 4.69) is 0 Å². The molecule has 152 valence electrons. The summed E-state index contributed by atoms with van der Waals surface area (Å²) in [7, 11) is 0. The maximum atomic E-state index is 12.2. The molecule has 3 aromatic rings. The molecule has 2 aromatic carbocycles. The Labute approximate surface area is 161 Å². The summed E-state index contributed by atoms with van der Waals surface area (Å²) in [5.74, 6) is -1.55. The summed E-state index contributed by atoms with van der Waals surface area (Å²) in [4.78, 5) is 23.4. The zero-order valence-electron chi connectivity index (χ0n) is 14.6. The second kappa shape index (κ2) is 7.01. The van der Waals surface area contributed by atoms with E-state index in [1.54, 1.807) is 12.1 Å². The van der Waals surface area contributed by atoms with E-state index in [0.29, 0.717) is 10.8 Å². The second-order valence-electron chi connectivity index (χ2n) is 6.63. The molecule has 1 saturated heterocycles. The van der Waals surface area contributed by atoms with Crippen LogP contribution in [0.4, 0.5) is 0 Å². The van der Waals surface area contributed by atoms with E-state index in [4.69, 9.17) is 19.0 Å². The van der Waals surface area contributed by atoms with Crippen LogP contribution in [0.2, 0.25) is 0 Å². The molecular weight excluding hydrogens is 388 g/mol. The van der Waals surface area contributed by atoms with Crippen molar-refractivity contribution in [3.63, 3.8) is 0 Å². The maximum absolute atomic E-state index is 12.2. The fourth-order valence-corrected chi connectivity index (χ4v) is 3.26. The van der Waals surface area contributed by atoms with Gasteiger partial charge in [-0.05, 0) is 30.3 Å². The average Bonchev–Trinajstić information content (AvgIpc) is 2.68. The number of aliphatic hydroxyl groups excluding tert-OH is 3. The molecule has 1 aromatic heterocycles. The highest BCUT2D eigenvalue weighted by Crippen LogP contribution is 2.30. The topological polar surface area (TPSA) is 167 Å². The Morgan fingerprint density at radius 1 is 0.931 bits per heavy atom. The van der Waals surface area contributed by atoms with Gasteiger partial charge in [-0.1, -0.05) is 0 Å². The van der Waals surface area contributed by atoms with Crippen LogP contribution in [-0.2, 0) is 9.53 Å². The summed E-state index contributed by atoms with van der Waals surface area (Å²) < 4.78 is 15.8. The molecule has 0 amide bonds. The molecule has 0 radical (unpaired) electrons. The molecule has 10 nitrogen and oxygen atoms in total. The molecule has 0 saturated carbocycles.